The Bertz CT molecular complexity index is 2700. The number of aryl methyl sites for hydroxylation is 2. The molecule has 0 radical (unpaired) electrons. The number of ether oxygens (including phenoxy) is 5. The molecule has 2 saturated heterocycles. The number of aromatic nitrogens is 4. The molecule has 8 atom stereocenters. The van der Waals surface area contributed by atoms with Crippen LogP contribution in [0.4, 0.5) is 0 Å². The molecular formula is C44H45N5O11. The molecule has 3 aliphatic heterocycles. The van der Waals surface area contributed by atoms with Gasteiger partial charge in [-0.25, -0.2) is 9.59 Å². The van der Waals surface area contributed by atoms with E-state index in [9.17, 15) is 29.1 Å². The minimum absolute atomic E-state index is 0.00122. The quantitative estimate of drug-likeness (QED) is 0.179. The number of methoxy groups -OCH3 is 2. The molecule has 4 N–H and O–H groups in total. The summed E-state index contributed by atoms with van der Waals surface area (Å²) in [5.74, 6) is -1.76. The lowest BCUT2D eigenvalue weighted by molar-refractivity contribution is -0.125. The van der Waals surface area contributed by atoms with Crippen molar-refractivity contribution in [3.05, 3.63) is 172 Å². The molecule has 5 heterocycles. The monoisotopic (exact) mass is 819 g/mol. The molecule has 16 heteroatoms. The Morgan fingerprint density at radius 2 is 1.50 bits per heavy atom. The van der Waals surface area contributed by atoms with Gasteiger partial charge in [-0.15, -0.1) is 0 Å². The normalized spacial score (nSPS) is 26.6. The first-order chi connectivity index (χ1) is 28.8. The van der Waals surface area contributed by atoms with E-state index >= 15 is 0 Å². The first-order valence-electron chi connectivity index (χ1n) is 19.5. The molecule has 60 heavy (non-hydrogen) atoms. The summed E-state index contributed by atoms with van der Waals surface area (Å²) >= 11 is 0. The molecule has 2 aromatic heterocycles. The summed E-state index contributed by atoms with van der Waals surface area (Å²) in [6.45, 7) is 4.78. The van der Waals surface area contributed by atoms with Crippen molar-refractivity contribution in [2.24, 2.45) is 11.8 Å². The molecule has 5 aromatic rings. The lowest BCUT2D eigenvalue weighted by atomic mass is 9.77. The summed E-state index contributed by atoms with van der Waals surface area (Å²) in [6.07, 6.45) is 0.317. The van der Waals surface area contributed by atoms with Crippen LogP contribution in [0.1, 0.15) is 65.1 Å². The van der Waals surface area contributed by atoms with Gasteiger partial charge in [0, 0.05) is 47.1 Å². The highest BCUT2D eigenvalue weighted by atomic mass is 16.6. The fourth-order valence-corrected chi connectivity index (χ4v) is 8.62. The number of benzene rings is 3. The molecule has 312 valence electrons. The average Bonchev–Trinajstić information content (AvgIpc) is 3.80. The summed E-state index contributed by atoms with van der Waals surface area (Å²) in [5, 5.41) is 14.1. The Hall–Kier alpha value is -6.49. The fourth-order valence-electron chi connectivity index (χ4n) is 8.62. The summed E-state index contributed by atoms with van der Waals surface area (Å²) < 4.78 is 33.9. The molecule has 3 aromatic carbocycles. The Morgan fingerprint density at radius 1 is 0.867 bits per heavy atom. The first-order valence-corrected chi connectivity index (χ1v) is 19.5. The van der Waals surface area contributed by atoms with Gasteiger partial charge in [-0.3, -0.25) is 33.5 Å². The van der Waals surface area contributed by atoms with E-state index in [0.29, 0.717) is 28.2 Å². The van der Waals surface area contributed by atoms with Crippen LogP contribution >= 0.6 is 0 Å². The van der Waals surface area contributed by atoms with Gasteiger partial charge in [-0.1, -0.05) is 55.5 Å². The summed E-state index contributed by atoms with van der Waals surface area (Å²) in [4.78, 5) is 70.0. The van der Waals surface area contributed by atoms with Gasteiger partial charge < -0.3 is 34.1 Å². The van der Waals surface area contributed by atoms with Crippen molar-refractivity contribution >= 4 is 5.91 Å². The standard InChI is InChI=1S/C44H45N5O11/c1-23-20-48(42(54)46-38(23)51)35-18-31-34(59-35)22-58-44(26-9-7-6-8-10-26,27-11-14-29(56-4)15-12-27)28-13-16-32(57-5)30(17-28)36(31)40(53)45-19-33-37(50)25(3)41(60-33)49-21-24(2)39(52)47-43(49)55/h6-17,19-21,25,31,34-37,41,50H,18,22H2,1-5H3,(H,45,53)(H,46,51,54)(H,47,52,55)/b33-19+/t25-,31+,34-,35-,36?,37+,41-,44?/m1/s1. The molecule has 2 bridgehead atoms. The van der Waals surface area contributed by atoms with Crippen LogP contribution in [0.3, 0.4) is 0 Å². The minimum atomic E-state index is -1.25. The molecule has 8 rings (SSSR count). The number of H-pyrrole nitrogens is 2. The second kappa shape index (κ2) is 15.9. The van der Waals surface area contributed by atoms with Gasteiger partial charge in [-0.2, -0.15) is 0 Å². The van der Waals surface area contributed by atoms with Crippen molar-refractivity contribution in [3.63, 3.8) is 0 Å². The molecule has 2 unspecified atom stereocenters. The highest BCUT2D eigenvalue weighted by Crippen LogP contribution is 2.50. The van der Waals surface area contributed by atoms with Crippen LogP contribution in [-0.2, 0) is 24.6 Å². The number of aromatic amines is 2. The van der Waals surface area contributed by atoms with Gasteiger partial charge in [-0.05, 0) is 61.2 Å². The minimum Gasteiger partial charge on any atom is -0.497 e. The SMILES string of the molecule is COc1ccc(C2(c3ccccc3)OC[C@H]3O[C@@H](n4cc(C)c(=O)[nH]c4=O)C[C@@H]3C(C(=O)N/C=C3/O[C@@H](n4cc(C)c(=O)[nH]c4=O)[C@H](C)[C@@H]3O)c3cc2ccc3OC)cc1. The van der Waals surface area contributed by atoms with Crippen molar-refractivity contribution in [3.8, 4) is 11.5 Å². The lowest BCUT2D eigenvalue weighted by Gasteiger charge is -2.37. The van der Waals surface area contributed by atoms with Crippen LogP contribution in [0.25, 0.3) is 0 Å². The van der Waals surface area contributed by atoms with Crippen LogP contribution < -0.4 is 37.3 Å². The number of carbonyl (C=O) groups is 1. The number of carbonyl (C=O) groups excluding carboxylic acids is 1. The predicted octanol–water partition coefficient (Wildman–Crippen LogP) is 3.21. The molecule has 0 spiro atoms. The van der Waals surface area contributed by atoms with Crippen molar-refractivity contribution < 1.29 is 33.6 Å². The van der Waals surface area contributed by atoms with Crippen LogP contribution in [0.5, 0.6) is 11.5 Å². The Labute approximate surface area is 343 Å². The second-order valence-electron chi connectivity index (χ2n) is 15.4. The van der Waals surface area contributed by atoms with Crippen LogP contribution in [0.2, 0.25) is 0 Å². The molecule has 16 nitrogen and oxygen atoms in total. The Morgan fingerprint density at radius 3 is 2.17 bits per heavy atom. The van der Waals surface area contributed by atoms with Crippen LogP contribution in [0.15, 0.2) is 116 Å². The van der Waals surface area contributed by atoms with E-state index in [1.807, 2.05) is 66.7 Å². The number of nitrogens with one attached hydrogen (secondary N) is 3. The largest absolute Gasteiger partial charge is 0.497 e. The Balaban J connectivity index is 1.26. The van der Waals surface area contributed by atoms with Gasteiger partial charge >= 0.3 is 11.4 Å². The van der Waals surface area contributed by atoms with Crippen molar-refractivity contribution in [1.82, 2.24) is 24.4 Å². The van der Waals surface area contributed by atoms with Crippen LogP contribution in [0, 0.1) is 25.7 Å². The van der Waals surface area contributed by atoms with Gasteiger partial charge in [0.15, 0.2) is 6.23 Å². The number of aliphatic hydroxyl groups is 1. The number of aliphatic hydroxyl groups excluding tert-OH is 1. The van der Waals surface area contributed by atoms with E-state index in [2.05, 4.69) is 15.3 Å². The summed E-state index contributed by atoms with van der Waals surface area (Å²) in [7, 11) is 3.10. The van der Waals surface area contributed by atoms with E-state index < -0.39 is 76.4 Å². The molecule has 1 amide bonds. The van der Waals surface area contributed by atoms with Crippen molar-refractivity contribution in [2.45, 2.75) is 63.4 Å². The number of amides is 1. The molecular weight excluding hydrogens is 775 g/mol. The van der Waals surface area contributed by atoms with Gasteiger partial charge in [0.2, 0.25) is 5.91 Å². The maximum absolute atomic E-state index is 14.9. The fraction of sp³-hybridized carbons (Fsp3) is 0.341. The zero-order valence-corrected chi connectivity index (χ0v) is 33.5. The van der Waals surface area contributed by atoms with Crippen molar-refractivity contribution in [1.29, 1.82) is 0 Å². The van der Waals surface area contributed by atoms with E-state index in [4.69, 9.17) is 23.7 Å². The number of fused-ring (bicyclic) bond motifs is 3. The highest BCUT2D eigenvalue weighted by Gasteiger charge is 2.50. The number of rotatable bonds is 8. The second-order valence-corrected chi connectivity index (χ2v) is 15.4. The molecule has 0 aliphatic carbocycles. The molecule has 3 aliphatic rings. The maximum atomic E-state index is 14.9. The zero-order valence-electron chi connectivity index (χ0n) is 33.5. The first kappa shape index (κ1) is 40.3. The van der Waals surface area contributed by atoms with E-state index in [1.165, 1.54) is 34.8 Å². The topological polar surface area (TPSA) is 205 Å². The number of hydrogen-bond donors (Lipinski definition) is 4. The summed E-state index contributed by atoms with van der Waals surface area (Å²) in [6, 6.07) is 22.8. The van der Waals surface area contributed by atoms with Gasteiger partial charge in [0.1, 0.15) is 35.2 Å². The number of nitrogens with zero attached hydrogens (tertiary/aromatic N) is 2. The van der Waals surface area contributed by atoms with E-state index in [0.717, 1.165) is 11.1 Å². The van der Waals surface area contributed by atoms with Crippen LogP contribution in [-0.4, -0.2) is 63.2 Å². The third-order valence-corrected chi connectivity index (χ3v) is 11.8. The van der Waals surface area contributed by atoms with Gasteiger partial charge in [0.05, 0.1) is 32.8 Å². The van der Waals surface area contributed by atoms with Gasteiger partial charge in [0.25, 0.3) is 11.1 Å². The molecule has 2 fully saturated rings. The maximum Gasteiger partial charge on any atom is 0.331 e. The van der Waals surface area contributed by atoms with E-state index in [1.54, 1.807) is 33.9 Å². The average molecular weight is 820 g/mol. The third-order valence-electron chi connectivity index (χ3n) is 11.8. The number of hydrogen-bond acceptors (Lipinski definition) is 11. The third kappa shape index (κ3) is 6.95. The lowest BCUT2D eigenvalue weighted by Crippen LogP contribution is -2.38. The Kier molecular flexibility index (Phi) is 10.7. The summed E-state index contributed by atoms with van der Waals surface area (Å²) in [5.41, 5.74) is -0.334. The highest BCUT2D eigenvalue weighted by molar-refractivity contribution is 5.86. The van der Waals surface area contributed by atoms with Crippen molar-refractivity contribution in [2.75, 3.05) is 20.8 Å². The smallest absolute Gasteiger partial charge is 0.331 e. The van der Waals surface area contributed by atoms with E-state index in [-0.39, 0.29) is 24.4 Å². The zero-order chi connectivity index (χ0) is 42.5. The molecule has 0 saturated carbocycles. The predicted molar refractivity (Wildman–Crippen MR) is 217 cm³/mol.